The van der Waals surface area contributed by atoms with Gasteiger partial charge in [0.1, 0.15) is 11.5 Å². The van der Waals surface area contributed by atoms with E-state index in [0.29, 0.717) is 0 Å². The van der Waals surface area contributed by atoms with Crippen molar-refractivity contribution in [2.75, 3.05) is 44.7 Å². The van der Waals surface area contributed by atoms with Crippen molar-refractivity contribution in [1.82, 2.24) is 15.1 Å². The Hall–Kier alpha value is -2.57. The van der Waals surface area contributed by atoms with Crippen molar-refractivity contribution in [3.8, 4) is 11.3 Å². The number of hydrogen-bond acceptors (Lipinski definition) is 5. The van der Waals surface area contributed by atoms with Crippen molar-refractivity contribution in [3.63, 3.8) is 0 Å². The normalized spacial score (nSPS) is 15.1. The molecule has 2 aromatic carbocycles. The van der Waals surface area contributed by atoms with E-state index in [1.807, 2.05) is 24.3 Å². The number of nitrogens with zero attached hydrogens (tertiary/aromatic N) is 3. The van der Waals surface area contributed by atoms with Crippen LogP contribution in [0.15, 0.2) is 48.5 Å². The number of nitrogens with one attached hydrogen (secondary N) is 1. The third-order valence-electron chi connectivity index (χ3n) is 4.85. The lowest BCUT2D eigenvalue weighted by Gasteiger charge is -2.26. The van der Waals surface area contributed by atoms with Gasteiger partial charge in [-0.2, -0.15) is 0 Å². The highest BCUT2D eigenvalue weighted by atomic mass is 19.1. The maximum absolute atomic E-state index is 13.2. The minimum absolute atomic E-state index is 0.255. The van der Waals surface area contributed by atoms with Gasteiger partial charge in [0.15, 0.2) is 5.82 Å². The Kier molecular flexibility index (Phi) is 5.55. The van der Waals surface area contributed by atoms with E-state index in [0.717, 1.165) is 73.7 Å². The molecule has 1 fully saturated rings. The summed E-state index contributed by atoms with van der Waals surface area (Å²) in [5.41, 5.74) is 1.63. The number of ether oxygens (including phenoxy) is 1. The van der Waals surface area contributed by atoms with E-state index in [2.05, 4.69) is 20.4 Å². The molecule has 6 heteroatoms. The van der Waals surface area contributed by atoms with Crippen LogP contribution in [0.1, 0.15) is 6.42 Å². The van der Waals surface area contributed by atoms with E-state index in [1.165, 1.54) is 12.1 Å². The third-order valence-corrected chi connectivity index (χ3v) is 4.85. The second-order valence-corrected chi connectivity index (χ2v) is 6.68. The van der Waals surface area contributed by atoms with Gasteiger partial charge < -0.3 is 10.1 Å². The van der Waals surface area contributed by atoms with Crippen molar-refractivity contribution in [3.05, 3.63) is 54.3 Å². The number of benzene rings is 2. The molecule has 0 saturated carbocycles. The second kappa shape index (κ2) is 8.41. The first-order chi connectivity index (χ1) is 13.3. The molecule has 1 aliphatic rings. The summed E-state index contributed by atoms with van der Waals surface area (Å²) in [6, 6.07) is 14.4. The van der Waals surface area contributed by atoms with Crippen molar-refractivity contribution in [1.29, 1.82) is 0 Å². The number of fused-ring (bicyclic) bond motifs is 1. The Balaban J connectivity index is 1.49. The topological polar surface area (TPSA) is 50.3 Å². The molecule has 0 radical (unpaired) electrons. The summed E-state index contributed by atoms with van der Waals surface area (Å²) in [6.07, 6.45) is 1.04. The van der Waals surface area contributed by atoms with Crippen LogP contribution in [0.4, 0.5) is 10.2 Å². The maximum atomic E-state index is 13.2. The van der Waals surface area contributed by atoms with Gasteiger partial charge in [-0.05, 0) is 37.2 Å². The molecule has 1 saturated heterocycles. The number of hydrogen-bond donors (Lipinski definition) is 1. The molecule has 1 aliphatic heterocycles. The van der Waals surface area contributed by atoms with Crippen LogP contribution in [0.3, 0.4) is 0 Å². The first-order valence-electron chi connectivity index (χ1n) is 9.36. The molecule has 0 bridgehead atoms. The predicted octanol–water partition coefficient (Wildman–Crippen LogP) is 3.57. The van der Waals surface area contributed by atoms with E-state index in [4.69, 9.17) is 4.74 Å². The van der Waals surface area contributed by atoms with E-state index in [-0.39, 0.29) is 5.82 Å². The molecule has 0 unspecified atom stereocenters. The highest BCUT2D eigenvalue weighted by Gasteiger charge is 2.12. The lowest BCUT2D eigenvalue weighted by molar-refractivity contribution is 0.0378. The molecule has 0 amide bonds. The van der Waals surface area contributed by atoms with E-state index >= 15 is 0 Å². The molecule has 0 aliphatic carbocycles. The average Bonchev–Trinajstić information content (AvgIpc) is 2.73. The van der Waals surface area contributed by atoms with Crippen LogP contribution in [0, 0.1) is 5.82 Å². The summed E-state index contributed by atoms with van der Waals surface area (Å²) in [5.74, 6) is 0.535. The lowest BCUT2D eigenvalue weighted by atomic mass is 10.0. The highest BCUT2D eigenvalue weighted by Crippen LogP contribution is 2.29. The second-order valence-electron chi connectivity index (χ2n) is 6.68. The van der Waals surface area contributed by atoms with Crippen LogP contribution in [-0.2, 0) is 4.74 Å². The quantitative estimate of drug-likeness (QED) is 0.676. The zero-order valence-corrected chi connectivity index (χ0v) is 15.2. The van der Waals surface area contributed by atoms with Gasteiger partial charge in [0.25, 0.3) is 0 Å². The van der Waals surface area contributed by atoms with Crippen LogP contribution in [0.2, 0.25) is 0 Å². The average molecular weight is 366 g/mol. The van der Waals surface area contributed by atoms with Crippen LogP contribution in [0.25, 0.3) is 22.0 Å². The Labute approximate surface area is 158 Å². The van der Waals surface area contributed by atoms with Crippen LogP contribution in [0.5, 0.6) is 0 Å². The molecule has 5 nitrogen and oxygen atoms in total. The molecule has 2 heterocycles. The van der Waals surface area contributed by atoms with Gasteiger partial charge in [0, 0.05) is 36.0 Å². The fourth-order valence-corrected chi connectivity index (χ4v) is 3.39. The summed E-state index contributed by atoms with van der Waals surface area (Å²) >= 11 is 0. The maximum Gasteiger partial charge on any atom is 0.156 e. The fraction of sp³-hybridized carbons (Fsp3) is 0.333. The zero-order chi connectivity index (χ0) is 18.5. The van der Waals surface area contributed by atoms with Crippen LogP contribution >= 0.6 is 0 Å². The van der Waals surface area contributed by atoms with Crippen LogP contribution in [-0.4, -0.2) is 54.5 Å². The Morgan fingerprint density at radius 2 is 1.70 bits per heavy atom. The summed E-state index contributed by atoms with van der Waals surface area (Å²) < 4.78 is 18.6. The van der Waals surface area contributed by atoms with Crippen molar-refractivity contribution >= 4 is 16.6 Å². The molecule has 1 N–H and O–H groups in total. The van der Waals surface area contributed by atoms with Crippen molar-refractivity contribution < 1.29 is 9.13 Å². The number of halogens is 1. The fourth-order valence-electron chi connectivity index (χ4n) is 3.39. The minimum Gasteiger partial charge on any atom is -0.379 e. The van der Waals surface area contributed by atoms with E-state index < -0.39 is 0 Å². The van der Waals surface area contributed by atoms with Crippen molar-refractivity contribution in [2.24, 2.45) is 0 Å². The largest absolute Gasteiger partial charge is 0.379 e. The molecule has 3 aromatic rings. The standard InChI is InChI=1S/C21H23FN4O/c22-17-8-6-16(7-9-17)20-18-4-1-2-5-19(18)21(25-24-20)23-10-3-11-26-12-14-27-15-13-26/h1-2,4-9H,3,10-15H2,(H,23,25). The lowest BCUT2D eigenvalue weighted by Crippen LogP contribution is -2.37. The summed E-state index contributed by atoms with van der Waals surface area (Å²) in [7, 11) is 0. The first kappa shape index (κ1) is 17.8. The molecular weight excluding hydrogens is 343 g/mol. The Bertz CT molecular complexity index is 894. The molecule has 1 aromatic heterocycles. The van der Waals surface area contributed by atoms with E-state index in [9.17, 15) is 4.39 Å². The smallest absolute Gasteiger partial charge is 0.156 e. The monoisotopic (exact) mass is 366 g/mol. The Morgan fingerprint density at radius 1 is 0.963 bits per heavy atom. The van der Waals surface area contributed by atoms with Crippen molar-refractivity contribution in [2.45, 2.75) is 6.42 Å². The molecule has 140 valence electrons. The van der Waals surface area contributed by atoms with E-state index in [1.54, 1.807) is 12.1 Å². The third kappa shape index (κ3) is 4.23. The molecule has 27 heavy (non-hydrogen) atoms. The number of anilines is 1. The van der Waals surface area contributed by atoms with Gasteiger partial charge in [-0.15, -0.1) is 10.2 Å². The Morgan fingerprint density at radius 3 is 2.48 bits per heavy atom. The SMILES string of the molecule is Fc1ccc(-c2nnc(NCCCN3CCOCC3)c3ccccc23)cc1. The van der Waals surface area contributed by atoms with Gasteiger partial charge in [0.2, 0.25) is 0 Å². The predicted molar refractivity (Wildman–Crippen MR) is 105 cm³/mol. The molecule has 0 atom stereocenters. The van der Waals surface area contributed by atoms with Gasteiger partial charge in [-0.25, -0.2) is 4.39 Å². The minimum atomic E-state index is -0.255. The van der Waals surface area contributed by atoms with Crippen LogP contribution < -0.4 is 5.32 Å². The molecular formula is C21H23FN4O. The van der Waals surface area contributed by atoms with Gasteiger partial charge >= 0.3 is 0 Å². The summed E-state index contributed by atoms with van der Waals surface area (Å²) in [6.45, 7) is 5.56. The number of rotatable bonds is 6. The molecule has 4 rings (SSSR count). The van der Waals surface area contributed by atoms with Gasteiger partial charge in [-0.1, -0.05) is 24.3 Å². The molecule has 0 spiro atoms. The van der Waals surface area contributed by atoms with Gasteiger partial charge in [-0.3, -0.25) is 4.90 Å². The summed E-state index contributed by atoms with van der Waals surface area (Å²) in [4.78, 5) is 2.42. The number of aromatic nitrogens is 2. The number of morpholine rings is 1. The summed E-state index contributed by atoms with van der Waals surface area (Å²) in [5, 5.41) is 14.3. The first-order valence-corrected chi connectivity index (χ1v) is 9.36. The zero-order valence-electron chi connectivity index (χ0n) is 15.2. The highest BCUT2D eigenvalue weighted by molar-refractivity contribution is 5.99. The van der Waals surface area contributed by atoms with Gasteiger partial charge in [0.05, 0.1) is 13.2 Å².